The molecule has 1 N–H and O–H groups in total. The Balaban J connectivity index is 2.01. The molecule has 7 nitrogen and oxygen atoms in total. The van der Waals surface area contributed by atoms with Crippen molar-refractivity contribution in [3.63, 3.8) is 0 Å². The summed E-state index contributed by atoms with van der Waals surface area (Å²) in [4.78, 5) is 12.0. The molecule has 2 rings (SSSR count). The van der Waals surface area contributed by atoms with Gasteiger partial charge in [-0.3, -0.25) is 10.1 Å². The molecule has 9 heteroatoms. The molecule has 0 aliphatic rings. The number of carbonyl (C=O) groups is 1. The zero-order chi connectivity index (χ0) is 17.9. The fourth-order valence-corrected chi connectivity index (χ4v) is 3.48. The van der Waals surface area contributed by atoms with E-state index < -0.39 is 15.7 Å². The number of benzene rings is 1. The number of carbonyl (C=O) groups excluding carboxylic acids is 1. The summed E-state index contributed by atoms with van der Waals surface area (Å²) in [5.41, 5.74) is 2.06. The lowest BCUT2D eigenvalue weighted by molar-refractivity contribution is -0.118. The quantitative estimate of drug-likeness (QED) is 0.785. The average molecular weight is 369 g/mol. The molecule has 0 radical (unpaired) electrons. The first-order valence-corrected chi connectivity index (χ1v) is 9.94. The summed E-state index contributed by atoms with van der Waals surface area (Å²) >= 11 is 0.803. The van der Waals surface area contributed by atoms with Crippen LogP contribution in [0.15, 0.2) is 22.5 Å². The van der Waals surface area contributed by atoms with Crippen LogP contribution in [0.1, 0.15) is 30.9 Å². The normalized spacial score (nSPS) is 11.5. The number of anilines is 1. The molecule has 0 atom stereocenters. The minimum absolute atomic E-state index is 0.123. The number of nitrogens with one attached hydrogen (secondary N) is 1. The van der Waals surface area contributed by atoms with Crippen molar-refractivity contribution in [2.24, 2.45) is 0 Å². The van der Waals surface area contributed by atoms with Gasteiger partial charge in [0.1, 0.15) is 5.75 Å². The molecule has 0 unspecified atom stereocenters. The molecule has 130 valence electrons. The van der Waals surface area contributed by atoms with E-state index in [-0.39, 0.29) is 22.0 Å². The van der Waals surface area contributed by atoms with Crippen LogP contribution in [0.25, 0.3) is 0 Å². The fraction of sp³-hybridized carbons (Fsp3) is 0.400. The number of rotatable bonds is 6. The van der Waals surface area contributed by atoms with Crippen LogP contribution in [0.2, 0.25) is 0 Å². The Labute approximate surface area is 145 Å². The van der Waals surface area contributed by atoms with Crippen LogP contribution in [-0.4, -0.2) is 37.4 Å². The highest BCUT2D eigenvalue weighted by atomic mass is 32.2. The van der Waals surface area contributed by atoms with Crippen LogP contribution >= 0.6 is 11.3 Å². The number of aromatic nitrogens is 2. The smallest absolute Gasteiger partial charge is 0.264 e. The van der Waals surface area contributed by atoms with E-state index in [1.54, 1.807) is 0 Å². The van der Waals surface area contributed by atoms with Crippen molar-refractivity contribution >= 4 is 32.2 Å². The average Bonchev–Trinajstić information content (AvgIpc) is 2.93. The molecule has 2 aromatic rings. The van der Waals surface area contributed by atoms with E-state index in [1.165, 1.54) is 0 Å². The van der Waals surface area contributed by atoms with Gasteiger partial charge in [-0.1, -0.05) is 37.3 Å². The van der Waals surface area contributed by atoms with Crippen molar-refractivity contribution in [1.29, 1.82) is 0 Å². The zero-order valence-corrected chi connectivity index (χ0v) is 15.5. The minimum Gasteiger partial charge on any atom is -0.483 e. The molecule has 0 aliphatic heterocycles. The maximum atomic E-state index is 12.0. The van der Waals surface area contributed by atoms with Gasteiger partial charge in [0, 0.05) is 6.26 Å². The van der Waals surface area contributed by atoms with Crippen LogP contribution in [0, 0.1) is 6.92 Å². The van der Waals surface area contributed by atoms with Crippen LogP contribution in [0.4, 0.5) is 5.13 Å². The Morgan fingerprint density at radius 3 is 2.62 bits per heavy atom. The van der Waals surface area contributed by atoms with Crippen molar-refractivity contribution < 1.29 is 17.9 Å². The highest BCUT2D eigenvalue weighted by molar-refractivity contribution is 7.92. The predicted molar refractivity (Wildman–Crippen MR) is 92.4 cm³/mol. The lowest BCUT2D eigenvalue weighted by atomic mass is 10.0. The van der Waals surface area contributed by atoms with Gasteiger partial charge in [0.25, 0.3) is 5.91 Å². The van der Waals surface area contributed by atoms with Gasteiger partial charge in [-0.15, -0.1) is 10.2 Å². The summed E-state index contributed by atoms with van der Waals surface area (Å²) in [6.45, 7) is 5.85. The molecular weight excluding hydrogens is 350 g/mol. The summed E-state index contributed by atoms with van der Waals surface area (Å²) in [5.74, 6) is 0.501. The molecule has 0 spiro atoms. The van der Waals surface area contributed by atoms with E-state index >= 15 is 0 Å². The second-order valence-corrected chi connectivity index (χ2v) is 8.85. The van der Waals surface area contributed by atoms with Gasteiger partial charge in [-0.05, 0) is 30.0 Å². The number of sulfone groups is 1. The number of hydrogen-bond acceptors (Lipinski definition) is 7. The van der Waals surface area contributed by atoms with Gasteiger partial charge in [-0.25, -0.2) is 8.42 Å². The lowest BCUT2D eigenvalue weighted by Crippen LogP contribution is -2.20. The predicted octanol–water partition coefficient (Wildman–Crippen LogP) is 2.39. The van der Waals surface area contributed by atoms with E-state index in [2.05, 4.69) is 15.5 Å². The standard InChI is InChI=1S/C15H19N3O4S2/c1-9(2)11-6-5-10(3)7-12(11)22-8-13(19)16-14-17-18-15(23-14)24(4,20)21/h5-7,9H,8H2,1-4H3,(H,16,17,19). The molecule has 1 amide bonds. The van der Waals surface area contributed by atoms with Crippen molar-refractivity contribution in [2.45, 2.75) is 31.0 Å². The summed E-state index contributed by atoms with van der Waals surface area (Å²) in [5, 5.41) is 9.78. The molecule has 0 saturated carbocycles. The molecule has 1 aromatic carbocycles. The van der Waals surface area contributed by atoms with Crippen molar-refractivity contribution in [3.05, 3.63) is 29.3 Å². The van der Waals surface area contributed by atoms with Crippen molar-refractivity contribution in [2.75, 3.05) is 18.2 Å². The Hall–Kier alpha value is -2.00. The van der Waals surface area contributed by atoms with Crippen molar-refractivity contribution in [1.82, 2.24) is 10.2 Å². The van der Waals surface area contributed by atoms with E-state index in [9.17, 15) is 13.2 Å². The molecule has 0 aliphatic carbocycles. The summed E-state index contributed by atoms with van der Waals surface area (Å²) in [6, 6.07) is 5.86. The van der Waals surface area contributed by atoms with Crippen LogP contribution in [0.3, 0.4) is 0 Å². The Bertz CT molecular complexity index is 844. The Morgan fingerprint density at radius 2 is 2.04 bits per heavy atom. The topological polar surface area (TPSA) is 98.2 Å². The maximum absolute atomic E-state index is 12.0. The number of aryl methyl sites for hydroxylation is 1. The van der Waals surface area contributed by atoms with Gasteiger partial charge >= 0.3 is 0 Å². The summed E-state index contributed by atoms with van der Waals surface area (Å²) < 4.78 is 28.2. The minimum atomic E-state index is -3.43. The molecule has 0 bridgehead atoms. The van der Waals surface area contributed by atoms with Crippen LogP contribution in [0.5, 0.6) is 5.75 Å². The van der Waals surface area contributed by atoms with Crippen molar-refractivity contribution in [3.8, 4) is 5.75 Å². The van der Waals surface area contributed by atoms with E-state index in [1.807, 2.05) is 39.0 Å². The van der Waals surface area contributed by atoms with Gasteiger partial charge in [-0.2, -0.15) is 0 Å². The second kappa shape index (κ2) is 7.27. The third kappa shape index (κ3) is 4.75. The van der Waals surface area contributed by atoms with Gasteiger partial charge in [0.15, 0.2) is 6.61 Å². The Morgan fingerprint density at radius 1 is 1.33 bits per heavy atom. The summed E-state index contributed by atoms with van der Waals surface area (Å²) in [7, 11) is -3.43. The highest BCUT2D eigenvalue weighted by Crippen LogP contribution is 2.27. The SMILES string of the molecule is Cc1ccc(C(C)C)c(OCC(=O)Nc2nnc(S(C)(=O)=O)s2)c1. The van der Waals surface area contributed by atoms with Gasteiger partial charge in [0.2, 0.25) is 19.3 Å². The maximum Gasteiger partial charge on any atom is 0.264 e. The third-order valence-corrected chi connectivity index (χ3v) is 5.63. The van der Waals surface area contributed by atoms with Crippen LogP contribution in [-0.2, 0) is 14.6 Å². The van der Waals surface area contributed by atoms with Crippen LogP contribution < -0.4 is 10.1 Å². The molecule has 1 aromatic heterocycles. The second-order valence-electron chi connectivity index (χ2n) is 5.68. The lowest BCUT2D eigenvalue weighted by Gasteiger charge is -2.14. The Kier molecular flexibility index (Phi) is 5.55. The summed E-state index contributed by atoms with van der Waals surface area (Å²) in [6.07, 6.45) is 1.04. The first-order chi connectivity index (χ1) is 11.2. The van der Waals surface area contributed by atoms with E-state index in [0.29, 0.717) is 5.75 Å². The number of amides is 1. The fourth-order valence-electron chi connectivity index (χ4n) is 1.95. The molecule has 0 fully saturated rings. The largest absolute Gasteiger partial charge is 0.483 e. The molecule has 1 heterocycles. The highest BCUT2D eigenvalue weighted by Gasteiger charge is 2.16. The number of nitrogens with zero attached hydrogens (tertiary/aromatic N) is 2. The van der Waals surface area contributed by atoms with E-state index in [0.717, 1.165) is 28.7 Å². The number of hydrogen-bond donors (Lipinski definition) is 1. The zero-order valence-electron chi connectivity index (χ0n) is 13.9. The van der Waals surface area contributed by atoms with Gasteiger partial charge in [0.05, 0.1) is 0 Å². The first-order valence-electron chi connectivity index (χ1n) is 7.23. The molecular formula is C15H19N3O4S2. The molecule has 24 heavy (non-hydrogen) atoms. The third-order valence-electron chi connectivity index (χ3n) is 3.12. The first kappa shape index (κ1) is 18.3. The number of ether oxygens (including phenoxy) is 1. The van der Waals surface area contributed by atoms with Gasteiger partial charge < -0.3 is 4.74 Å². The molecule has 0 saturated heterocycles. The monoisotopic (exact) mass is 369 g/mol. The van der Waals surface area contributed by atoms with E-state index in [4.69, 9.17) is 4.74 Å².